The predicted octanol–water partition coefficient (Wildman–Crippen LogP) is -0.373. The number of unbranched alkanes of at least 4 members (excludes halogenated alkanes) is 3. The normalized spacial score (nSPS) is 9.94. The van der Waals surface area contributed by atoms with Crippen molar-refractivity contribution in [3.8, 4) is 6.19 Å². The Balaban J connectivity index is 0. The average molecular weight is 262 g/mol. The Hall–Kier alpha value is -1.68. The summed E-state index contributed by atoms with van der Waals surface area (Å²) in [7, 11) is 0. The van der Waals surface area contributed by atoms with E-state index >= 15 is 0 Å². The van der Waals surface area contributed by atoms with Gasteiger partial charge in [0.15, 0.2) is 12.2 Å². The standard InChI is InChI=1S/C9H19N7.ClH/c10-7-16-9(13)15-6-4-2-1-3-5-14-8(11)12;/h1-6H2,(H4,11,12,14)(H3,13,15,16);1H. The monoisotopic (exact) mass is 261 g/mol. The molecule has 0 spiro atoms. The number of guanidine groups is 2. The third-order valence-electron chi connectivity index (χ3n) is 1.83. The number of rotatable bonds is 7. The summed E-state index contributed by atoms with van der Waals surface area (Å²) in [5.74, 6) is 0.308. The second kappa shape index (κ2) is 12.4. The first-order chi connectivity index (χ1) is 7.66. The van der Waals surface area contributed by atoms with Crippen molar-refractivity contribution in [3.63, 3.8) is 0 Å². The molecule has 0 unspecified atom stereocenters. The lowest BCUT2D eigenvalue weighted by Gasteiger charge is -1.98. The van der Waals surface area contributed by atoms with Crippen LogP contribution in [0.5, 0.6) is 0 Å². The summed E-state index contributed by atoms with van der Waals surface area (Å²) in [4.78, 5) is 7.83. The molecule has 0 saturated heterocycles. The molecular formula is C9H20ClN7. The van der Waals surface area contributed by atoms with Crippen LogP contribution in [0, 0.1) is 11.5 Å². The largest absolute Gasteiger partial charge is 0.370 e. The van der Waals surface area contributed by atoms with Crippen LogP contribution < -0.4 is 22.5 Å². The molecule has 0 aromatic heterocycles. The highest BCUT2D eigenvalue weighted by Crippen LogP contribution is 1.99. The Labute approximate surface area is 108 Å². The number of nitrogens with zero attached hydrogens (tertiary/aromatic N) is 3. The van der Waals surface area contributed by atoms with Gasteiger partial charge in [-0.3, -0.25) is 15.3 Å². The molecule has 0 aromatic carbocycles. The minimum absolute atomic E-state index is 0. The zero-order chi connectivity index (χ0) is 12.2. The van der Waals surface area contributed by atoms with Crippen LogP contribution in [0.1, 0.15) is 25.7 Å². The van der Waals surface area contributed by atoms with Crippen LogP contribution in [-0.4, -0.2) is 25.0 Å². The van der Waals surface area contributed by atoms with Gasteiger partial charge in [-0.1, -0.05) is 12.8 Å². The third kappa shape index (κ3) is 14.3. The minimum atomic E-state index is 0. The van der Waals surface area contributed by atoms with E-state index in [1.54, 1.807) is 6.19 Å². The molecule has 7 N–H and O–H groups in total. The molecule has 0 aliphatic heterocycles. The predicted molar refractivity (Wildman–Crippen MR) is 71.6 cm³/mol. The molecule has 0 radical (unpaired) electrons. The zero-order valence-corrected chi connectivity index (χ0v) is 10.5. The van der Waals surface area contributed by atoms with E-state index in [-0.39, 0.29) is 24.3 Å². The second-order valence-electron chi connectivity index (χ2n) is 3.22. The van der Waals surface area contributed by atoms with Crippen LogP contribution in [-0.2, 0) is 0 Å². The van der Waals surface area contributed by atoms with E-state index in [0.717, 1.165) is 25.7 Å². The first kappa shape index (κ1) is 17.7. The van der Waals surface area contributed by atoms with Crippen molar-refractivity contribution in [3.05, 3.63) is 0 Å². The van der Waals surface area contributed by atoms with Crippen molar-refractivity contribution in [1.82, 2.24) is 5.32 Å². The van der Waals surface area contributed by atoms with Gasteiger partial charge in [0.05, 0.1) is 0 Å². The van der Waals surface area contributed by atoms with Gasteiger partial charge in [0, 0.05) is 13.1 Å². The number of hydrogen-bond donors (Lipinski definition) is 4. The van der Waals surface area contributed by atoms with E-state index in [1.165, 1.54) is 0 Å². The molecule has 0 aliphatic carbocycles. The van der Waals surface area contributed by atoms with Crippen molar-refractivity contribution in [2.24, 2.45) is 27.2 Å². The van der Waals surface area contributed by atoms with Crippen LogP contribution in [0.15, 0.2) is 9.98 Å². The van der Waals surface area contributed by atoms with E-state index < -0.39 is 0 Å². The maximum absolute atomic E-state index is 8.23. The highest BCUT2D eigenvalue weighted by atomic mass is 35.5. The summed E-state index contributed by atoms with van der Waals surface area (Å²) < 4.78 is 0. The van der Waals surface area contributed by atoms with E-state index in [2.05, 4.69) is 15.3 Å². The SMILES string of the molecule is Cl.N#CNC(N)=NCCCCCCN=C(N)N. The van der Waals surface area contributed by atoms with Gasteiger partial charge in [-0.15, -0.1) is 12.4 Å². The Bertz CT molecular complexity index is 278. The van der Waals surface area contributed by atoms with Gasteiger partial charge < -0.3 is 17.2 Å². The summed E-state index contributed by atoms with van der Waals surface area (Å²) in [5.41, 5.74) is 15.7. The van der Waals surface area contributed by atoms with Crippen LogP contribution in [0.4, 0.5) is 0 Å². The van der Waals surface area contributed by atoms with Gasteiger partial charge in [0.2, 0.25) is 5.96 Å². The smallest absolute Gasteiger partial charge is 0.202 e. The minimum Gasteiger partial charge on any atom is -0.370 e. The molecule has 0 aliphatic rings. The molecule has 8 heteroatoms. The van der Waals surface area contributed by atoms with E-state index in [0.29, 0.717) is 13.1 Å². The zero-order valence-electron chi connectivity index (χ0n) is 9.72. The van der Waals surface area contributed by atoms with Gasteiger partial charge in [0.1, 0.15) is 0 Å². The molecule has 0 bridgehead atoms. The van der Waals surface area contributed by atoms with E-state index in [1.807, 2.05) is 0 Å². The van der Waals surface area contributed by atoms with Crippen molar-refractivity contribution in [2.45, 2.75) is 25.7 Å². The van der Waals surface area contributed by atoms with Gasteiger partial charge in [-0.2, -0.15) is 5.26 Å². The fraction of sp³-hybridized carbons (Fsp3) is 0.667. The second-order valence-corrected chi connectivity index (χ2v) is 3.22. The summed E-state index contributed by atoms with van der Waals surface area (Å²) in [5, 5.41) is 10.5. The first-order valence-electron chi connectivity index (χ1n) is 5.17. The topological polar surface area (TPSA) is 139 Å². The Morgan fingerprint density at radius 3 is 2.00 bits per heavy atom. The Morgan fingerprint density at radius 1 is 1.00 bits per heavy atom. The average Bonchev–Trinajstić information content (AvgIpc) is 2.22. The van der Waals surface area contributed by atoms with Crippen LogP contribution >= 0.6 is 12.4 Å². The fourth-order valence-electron chi connectivity index (χ4n) is 1.08. The molecule has 0 saturated carbocycles. The molecule has 7 nitrogen and oxygen atoms in total. The van der Waals surface area contributed by atoms with Gasteiger partial charge in [-0.05, 0) is 12.8 Å². The van der Waals surface area contributed by atoms with Crippen molar-refractivity contribution in [1.29, 1.82) is 5.26 Å². The molecule has 98 valence electrons. The maximum Gasteiger partial charge on any atom is 0.202 e. The molecule has 0 aromatic rings. The fourth-order valence-corrected chi connectivity index (χ4v) is 1.08. The number of nitriles is 1. The van der Waals surface area contributed by atoms with Crippen molar-refractivity contribution < 1.29 is 0 Å². The lowest BCUT2D eigenvalue weighted by Crippen LogP contribution is -2.27. The van der Waals surface area contributed by atoms with Crippen LogP contribution in [0.2, 0.25) is 0 Å². The number of nitrogens with two attached hydrogens (primary N) is 3. The maximum atomic E-state index is 8.23. The summed E-state index contributed by atoms with van der Waals surface area (Å²) in [6.45, 7) is 1.30. The molecule has 17 heavy (non-hydrogen) atoms. The van der Waals surface area contributed by atoms with Crippen LogP contribution in [0.3, 0.4) is 0 Å². The molecule has 0 atom stereocenters. The highest BCUT2D eigenvalue weighted by Gasteiger charge is 1.91. The van der Waals surface area contributed by atoms with Gasteiger partial charge in [-0.25, -0.2) is 0 Å². The quantitative estimate of drug-likeness (QED) is 0.163. The Kier molecular flexibility index (Phi) is 12.9. The molecule has 0 heterocycles. The number of halogens is 1. The number of hydrogen-bond acceptors (Lipinski definition) is 3. The van der Waals surface area contributed by atoms with E-state index in [9.17, 15) is 0 Å². The van der Waals surface area contributed by atoms with E-state index in [4.69, 9.17) is 22.5 Å². The molecular weight excluding hydrogens is 242 g/mol. The summed E-state index contributed by atoms with van der Waals surface area (Å²) in [6.07, 6.45) is 5.71. The van der Waals surface area contributed by atoms with Crippen molar-refractivity contribution >= 4 is 24.3 Å². The van der Waals surface area contributed by atoms with Gasteiger partial charge >= 0.3 is 0 Å². The third-order valence-corrected chi connectivity index (χ3v) is 1.83. The van der Waals surface area contributed by atoms with Gasteiger partial charge in [0.25, 0.3) is 0 Å². The highest BCUT2D eigenvalue weighted by molar-refractivity contribution is 5.85. The lowest BCUT2D eigenvalue weighted by molar-refractivity contribution is 0.653. The number of aliphatic imine (C=N–C) groups is 2. The summed E-state index contributed by atoms with van der Waals surface area (Å²) >= 11 is 0. The summed E-state index contributed by atoms with van der Waals surface area (Å²) in [6, 6.07) is 0. The van der Waals surface area contributed by atoms with Crippen LogP contribution in [0.25, 0.3) is 0 Å². The lowest BCUT2D eigenvalue weighted by atomic mass is 10.2. The molecule has 0 rings (SSSR count). The molecule has 0 amide bonds. The molecule has 0 fully saturated rings. The Morgan fingerprint density at radius 2 is 1.53 bits per heavy atom. The number of nitrogens with one attached hydrogen (secondary N) is 1. The first-order valence-corrected chi connectivity index (χ1v) is 5.17. The van der Waals surface area contributed by atoms with Crippen molar-refractivity contribution in [2.75, 3.05) is 13.1 Å².